The molecule has 1 aromatic heterocycles. The third kappa shape index (κ3) is 3.48. The number of aryl methyl sites for hydroxylation is 1. The van der Waals surface area contributed by atoms with Gasteiger partial charge in [0.15, 0.2) is 6.10 Å². The lowest BCUT2D eigenvalue weighted by molar-refractivity contribution is -0.132. The molecular weight excluding hydrogens is 254 g/mol. The first-order valence-corrected chi connectivity index (χ1v) is 7.20. The van der Waals surface area contributed by atoms with E-state index in [2.05, 4.69) is 17.2 Å². The van der Waals surface area contributed by atoms with Gasteiger partial charge in [-0.3, -0.25) is 9.78 Å². The van der Waals surface area contributed by atoms with Gasteiger partial charge in [0.1, 0.15) is 5.75 Å². The third-order valence-electron chi connectivity index (χ3n) is 3.44. The van der Waals surface area contributed by atoms with Crippen LogP contribution in [0.3, 0.4) is 0 Å². The Balaban J connectivity index is 2.08. The molecule has 0 radical (unpaired) electrons. The summed E-state index contributed by atoms with van der Waals surface area (Å²) in [5.74, 6) is 0.769. The second-order valence-electron chi connectivity index (χ2n) is 5.23. The molecule has 2 heterocycles. The zero-order valence-electron chi connectivity index (χ0n) is 12.5. The van der Waals surface area contributed by atoms with Crippen molar-refractivity contribution in [3.05, 3.63) is 23.5 Å². The van der Waals surface area contributed by atoms with Crippen molar-refractivity contribution >= 4 is 5.91 Å². The summed E-state index contributed by atoms with van der Waals surface area (Å²) in [4.78, 5) is 18.1. The highest BCUT2D eigenvalue weighted by molar-refractivity contribution is 5.83. The fraction of sp³-hybridized carbons (Fsp3) is 0.600. The van der Waals surface area contributed by atoms with Crippen LogP contribution < -0.4 is 10.1 Å². The highest BCUT2D eigenvalue weighted by Gasteiger charge is 2.31. The Bertz CT molecular complexity index is 476. The number of carbonyl (C=O) groups is 1. The van der Waals surface area contributed by atoms with Crippen molar-refractivity contribution in [3.8, 4) is 5.75 Å². The van der Waals surface area contributed by atoms with Crippen LogP contribution in [0.15, 0.2) is 12.1 Å². The van der Waals surface area contributed by atoms with Crippen LogP contribution in [0.25, 0.3) is 0 Å². The number of aromatic nitrogens is 1. The van der Waals surface area contributed by atoms with Crippen molar-refractivity contribution in [1.82, 2.24) is 15.2 Å². The number of amides is 1. The monoisotopic (exact) mass is 277 g/mol. The molecule has 0 aromatic carbocycles. The maximum Gasteiger partial charge on any atom is 0.263 e. The fourth-order valence-corrected chi connectivity index (χ4v) is 2.27. The molecule has 5 heteroatoms. The van der Waals surface area contributed by atoms with Crippen molar-refractivity contribution in [2.45, 2.75) is 39.3 Å². The van der Waals surface area contributed by atoms with Crippen LogP contribution in [0.1, 0.15) is 31.2 Å². The molecule has 0 aliphatic carbocycles. The molecule has 1 unspecified atom stereocenters. The summed E-state index contributed by atoms with van der Waals surface area (Å²) in [6, 6.07) is 3.83. The quantitative estimate of drug-likeness (QED) is 0.801. The van der Waals surface area contributed by atoms with Gasteiger partial charge in [0, 0.05) is 32.3 Å². The highest BCUT2D eigenvalue weighted by atomic mass is 16.5. The summed E-state index contributed by atoms with van der Waals surface area (Å²) in [7, 11) is 1.81. The van der Waals surface area contributed by atoms with Gasteiger partial charge in [-0.25, -0.2) is 0 Å². The van der Waals surface area contributed by atoms with Crippen molar-refractivity contribution in [2.24, 2.45) is 0 Å². The van der Waals surface area contributed by atoms with E-state index in [0.717, 1.165) is 37.3 Å². The summed E-state index contributed by atoms with van der Waals surface area (Å²) in [6.45, 7) is 6.46. The van der Waals surface area contributed by atoms with Gasteiger partial charge in [-0.15, -0.1) is 0 Å². The number of hydrogen-bond donors (Lipinski definition) is 1. The highest BCUT2D eigenvalue weighted by Crippen LogP contribution is 2.22. The SMILES string of the molecule is CCCNCc1nc(C)ccc1OC1CCN(C)C1=O. The molecule has 1 amide bonds. The number of nitrogens with one attached hydrogen (secondary N) is 1. The molecule has 1 N–H and O–H groups in total. The molecule has 1 aromatic rings. The van der Waals surface area contributed by atoms with E-state index in [1.165, 1.54) is 0 Å². The van der Waals surface area contributed by atoms with E-state index in [1.54, 1.807) is 4.90 Å². The number of nitrogens with zero attached hydrogens (tertiary/aromatic N) is 2. The topological polar surface area (TPSA) is 54.5 Å². The lowest BCUT2D eigenvalue weighted by Gasteiger charge is -2.16. The summed E-state index contributed by atoms with van der Waals surface area (Å²) in [6.07, 6.45) is 1.45. The average Bonchev–Trinajstić information content (AvgIpc) is 2.74. The summed E-state index contributed by atoms with van der Waals surface area (Å²) >= 11 is 0. The Morgan fingerprint density at radius 2 is 2.30 bits per heavy atom. The first-order valence-electron chi connectivity index (χ1n) is 7.20. The Morgan fingerprint density at radius 3 is 2.95 bits per heavy atom. The van der Waals surface area contributed by atoms with Crippen molar-refractivity contribution in [1.29, 1.82) is 0 Å². The van der Waals surface area contributed by atoms with Gasteiger partial charge in [-0.1, -0.05) is 6.92 Å². The summed E-state index contributed by atoms with van der Waals surface area (Å²) in [5.41, 5.74) is 1.83. The van der Waals surface area contributed by atoms with Crippen LogP contribution in [0.5, 0.6) is 5.75 Å². The van der Waals surface area contributed by atoms with Crippen LogP contribution >= 0.6 is 0 Å². The molecule has 20 heavy (non-hydrogen) atoms. The van der Waals surface area contributed by atoms with Crippen LogP contribution in [0.2, 0.25) is 0 Å². The normalized spacial score (nSPS) is 18.6. The third-order valence-corrected chi connectivity index (χ3v) is 3.44. The summed E-state index contributed by atoms with van der Waals surface area (Å²) in [5, 5.41) is 3.33. The number of carbonyl (C=O) groups excluding carboxylic acids is 1. The van der Waals surface area contributed by atoms with E-state index in [9.17, 15) is 4.79 Å². The molecule has 0 spiro atoms. The molecule has 5 nitrogen and oxygen atoms in total. The van der Waals surface area contributed by atoms with E-state index < -0.39 is 0 Å². The fourth-order valence-electron chi connectivity index (χ4n) is 2.27. The van der Waals surface area contributed by atoms with Gasteiger partial charge in [0.05, 0.1) is 5.69 Å². The maximum atomic E-state index is 11.9. The van der Waals surface area contributed by atoms with Crippen LogP contribution in [-0.4, -0.2) is 42.0 Å². The maximum absolute atomic E-state index is 11.9. The Kier molecular flexibility index (Phi) is 4.95. The van der Waals surface area contributed by atoms with Gasteiger partial charge in [0.2, 0.25) is 0 Å². The summed E-state index contributed by atoms with van der Waals surface area (Å²) < 4.78 is 5.88. The van der Waals surface area contributed by atoms with Gasteiger partial charge < -0.3 is 15.0 Å². The number of likely N-dealkylation sites (N-methyl/N-ethyl adjacent to an activating group) is 1. The Hall–Kier alpha value is -1.62. The minimum absolute atomic E-state index is 0.0537. The number of pyridine rings is 1. The van der Waals surface area contributed by atoms with E-state index in [0.29, 0.717) is 12.3 Å². The van der Waals surface area contributed by atoms with Crippen molar-refractivity contribution < 1.29 is 9.53 Å². The lowest BCUT2D eigenvalue weighted by atomic mass is 10.2. The molecular formula is C15H23N3O2. The molecule has 1 atom stereocenters. The van der Waals surface area contributed by atoms with Crippen molar-refractivity contribution in [2.75, 3.05) is 20.1 Å². The van der Waals surface area contributed by atoms with Gasteiger partial charge >= 0.3 is 0 Å². The van der Waals surface area contributed by atoms with Gasteiger partial charge in [0.25, 0.3) is 5.91 Å². The lowest BCUT2D eigenvalue weighted by Crippen LogP contribution is -2.30. The zero-order chi connectivity index (χ0) is 14.5. The van der Waals surface area contributed by atoms with E-state index >= 15 is 0 Å². The second-order valence-corrected chi connectivity index (χ2v) is 5.23. The van der Waals surface area contributed by atoms with Crippen LogP contribution in [0, 0.1) is 6.92 Å². The molecule has 0 bridgehead atoms. The standard InChI is InChI=1S/C15H23N3O2/c1-4-8-16-10-12-13(6-5-11(2)17-12)20-14-7-9-18(3)15(14)19/h5-6,14,16H,4,7-10H2,1-3H3. The smallest absolute Gasteiger partial charge is 0.263 e. The minimum Gasteiger partial charge on any atom is -0.479 e. The van der Waals surface area contributed by atoms with Crippen molar-refractivity contribution in [3.63, 3.8) is 0 Å². The number of likely N-dealkylation sites (tertiary alicyclic amines) is 1. The first kappa shape index (κ1) is 14.8. The molecule has 1 saturated heterocycles. The van der Waals surface area contributed by atoms with E-state index in [-0.39, 0.29) is 12.0 Å². The average molecular weight is 277 g/mol. The van der Waals surface area contributed by atoms with Gasteiger partial charge in [-0.2, -0.15) is 0 Å². The van der Waals surface area contributed by atoms with Crippen LogP contribution in [0.4, 0.5) is 0 Å². The predicted octanol–water partition coefficient (Wildman–Crippen LogP) is 1.50. The second kappa shape index (κ2) is 6.70. The van der Waals surface area contributed by atoms with E-state index in [4.69, 9.17) is 4.74 Å². The van der Waals surface area contributed by atoms with E-state index in [1.807, 2.05) is 26.1 Å². The Labute approximate surface area is 120 Å². The Morgan fingerprint density at radius 1 is 1.50 bits per heavy atom. The first-order chi connectivity index (χ1) is 9.61. The number of hydrogen-bond acceptors (Lipinski definition) is 4. The predicted molar refractivity (Wildman–Crippen MR) is 77.6 cm³/mol. The molecule has 110 valence electrons. The molecule has 1 aliphatic heterocycles. The molecule has 2 rings (SSSR count). The zero-order valence-corrected chi connectivity index (χ0v) is 12.5. The van der Waals surface area contributed by atoms with Gasteiger partial charge in [-0.05, 0) is 32.0 Å². The molecule has 0 saturated carbocycles. The largest absolute Gasteiger partial charge is 0.479 e. The number of ether oxygens (including phenoxy) is 1. The molecule has 1 fully saturated rings. The van der Waals surface area contributed by atoms with Crippen LogP contribution in [-0.2, 0) is 11.3 Å². The number of rotatable bonds is 6. The molecule has 1 aliphatic rings. The minimum atomic E-state index is -0.366.